The molecule has 0 unspecified atom stereocenters. The maximum atomic E-state index is 13.9. The Balaban J connectivity index is 2.07. The van der Waals surface area contributed by atoms with Crippen LogP contribution in [0.15, 0.2) is 70.1 Å². The Labute approximate surface area is 194 Å². The number of pyridine rings is 1. The van der Waals surface area contributed by atoms with E-state index in [2.05, 4.69) is 26.2 Å². The number of halogens is 1. The van der Waals surface area contributed by atoms with Gasteiger partial charge in [-0.3, -0.25) is 14.2 Å². The summed E-state index contributed by atoms with van der Waals surface area (Å²) < 4.78 is 7.62. The second-order valence-electron chi connectivity index (χ2n) is 8.54. The van der Waals surface area contributed by atoms with Gasteiger partial charge in [0.05, 0.1) is 18.2 Å². The minimum absolute atomic E-state index is 0.268. The summed E-state index contributed by atoms with van der Waals surface area (Å²) in [5.41, 5.74) is 1.98. The number of nitrogens with one attached hydrogen (secondary N) is 2. The molecular formula is C25H24BrN3O3. The summed E-state index contributed by atoms with van der Waals surface area (Å²) >= 11 is 3.44. The van der Waals surface area contributed by atoms with Crippen molar-refractivity contribution in [1.29, 1.82) is 0 Å². The van der Waals surface area contributed by atoms with Gasteiger partial charge >= 0.3 is 0 Å². The minimum atomic E-state index is -0.467. The molecule has 6 nitrogen and oxygen atoms in total. The summed E-state index contributed by atoms with van der Waals surface area (Å²) in [5.74, 6) is 0.375. The molecule has 0 aliphatic carbocycles. The highest BCUT2D eigenvalue weighted by atomic mass is 79.9. The van der Waals surface area contributed by atoms with E-state index in [9.17, 15) is 9.59 Å². The van der Waals surface area contributed by atoms with E-state index in [1.165, 1.54) is 4.57 Å². The van der Waals surface area contributed by atoms with E-state index in [0.717, 1.165) is 10.0 Å². The SMILES string of the molecule is COc1ccc(-c2c(=O)n(-c3ccc(Br)cc3)c(C(=O)NC(C)(C)C)c3[nH]ccc23)cc1. The van der Waals surface area contributed by atoms with Gasteiger partial charge in [0.1, 0.15) is 11.4 Å². The normalized spacial score (nSPS) is 11.5. The fourth-order valence-corrected chi connectivity index (χ4v) is 3.97. The van der Waals surface area contributed by atoms with Crippen molar-refractivity contribution in [2.24, 2.45) is 0 Å². The molecule has 4 aromatic rings. The highest BCUT2D eigenvalue weighted by molar-refractivity contribution is 9.10. The number of carbonyl (C=O) groups excluding carboxylic acids is 1. The molecule has 0 saturated heterocycles. The lowest BCUT2D eigenvalue weighted by molar-refractivity contribution is 0.0913. The van der Waals surface area contributed by atoms with Gasteiger partial charge in [-0.25, -0.2) is 0 Å². The van der Waals surface area contributed by atoms with Crippen molar-refractivity contribution in [3.63, 3.8) is 0 Å². The van der Waals surface area contributed by atoms with Crippen LogP contribution in [-0.2, 0) is 0 Å². The van der Waals surface area contributed by atoms with Crippen LogP contribution in [0.2, 0.25) is 0 Å². The second kappa shape index (κ2) is 8.31. The maximum absolute atomic E-state index is 13.9. The number of H-pyrrole nitrogens is 1. The summed E-state index contributed by atoms with van der Waals surface area (Å²) in [4.78, 5) is 30.5. The summed E-state index contributed by atoms with van der Waals surface area (Å²) in [7, 11) is 1.60. The van der Waals surface area contributed by atoms with Crippen LogP contribution in [0.1, 0.15) is 31.3 Å². The Morgan fingerprint density at radius 2 is 1.69 bits per heavy atom. The van der Waals surface area contributed by atoms with Crippen LogP contribution in [0.5, 0.6) is 5.75 Å². The Bertz CT molecular complexity index is 1340. The van der Waals surface area contributed by atoms with E-state index >= 15 is 0 Å². The zero-order chi connectivity index (χ0) is 23.0. The van der Waals surface area contributed by atoms with E-state index in [0.29, 0.717) is 27.9 Å². The molecule has 2 heterocycles. The number of hydrogen-bond acceptors (Lipinski definition) is 3. The van der Waals surface area contributed by atoms with E-state index < -0.39 is 5.54 Å². The van der Waals surface area contributed by atoms with Crippen LogP contribution >= 0.6 is 15.9 Å². The van der Waals surface area contributed by atoms with Crippen LogP contribution in [0.3, 0.4) is 0 Å². The highest BCUT2D eigenvalue weighted by Crippen LogP contribution is 2.30. The molecule has 0 fully saturated rings. The molecule has 0 spiro atoms. The topological polar surface area (TPSA) is 76.1 Å². The Kier molecular flexibility index (Phi) is 5.69. The van der Waals surface area contributed by atoms with Crippen LogP contribution in [0, 0.1) is 0 Å². The molecule has 1 amide bonds. The minimum Gasteiger partial charge on any atom is -0.497 e. The molecule has 7 heteroatoms. The van der Waals surface area contributed by atoms with Gasteiger partial charge in [-0.05, 0) is 68.8 Å². The summed E-state index contributed by atoms with van der Waals surface area (Å²) in [5, 5.41) is 3.68. The Morgan fingerprint density at radius 3 is 2.28 bits per heavy atom. The standard InChI is InChI=1S/C25H24BrN3O3/c1-25(2,3)28-23(30)22-21-19(13-14-27-21)20(15-5-11-18(32-4)12-6-15)24(31)29(22)17-9-7-16(26)8-10-17/h5-14,27H,1-4H3,(H,28,30). The van der Waals surface area contributed by atoms with Crippen molar-refractivity contribution in [3.8, 4) is 22.6 Å². The van der Waals surface area contributed by atoms with Crippen LogP contribution in [-0.4, -0.2) is 28.1 Å². The molecule has 0 aliphatic rings. The number of aromatic amines is 1. The van der Waals surface area contributed by atoms with Crippen LogP contribution < -0.4 is 15.6 Å². The van der Waals surface area contributed by atoms with Gasteiger partial charge in [-0.1, -0.05) is 28.1 Å². The lowest BCUT2D eigenvalue weighted by Gasteiger charge is -2.23. The van der Waals surface area contributed by atoms with Gasteiger partial charge in [-0.2, -0.15) is 0 Å². The first-order valence-electron chi connectivity index (χ1n) is 10.2. The van der Waals surface area contributed by atoms with Gasteiger partial charge < -0.3 is 15.0 Å². The molecular weight excluding hydrogens is 470 g/mol. The number of benzene rings is 2. The first-order valence-corrected chi connectivity index (χ1v) is 11.0. The second-order valence-corrected chi connectivity index (χ2v) is 9.46. The van der Waals surface area contributed by atoms with Gasteiger partial charge in [0.15, 0.2) is 0 Å². The van der Waals surface area contributed by atoms with E-state index in [4.69, 9.17) is 4.74 Å². The summed E-state index contributed by atoms with van der Waals surface area (Å²) in [6.07, 6.45) is 1.75. The van der Waals surface area contributed by atoms with Crippen LogP contribution in [0.4, 0.5) is 0 Å². The summed E-state index contributed by atoms with van der Waals surface area (Å²) in [6, 6.07) is 16.5. The molecule has 0 radical (unpaired) electrons. The van der Waals surface area contributed by atoms with E-state index in [1.54, 1.807) is 13.3 Å². The number of aromatic nitrogens is 2. The van der Waals surface area contributed by atoms with Gasteiger partial charge in [0.2, 0.25) is 0 Å². The number of methoxy groups -OCH3 is 1. The fourth-order valence-electron chi connectivity index (χ4n) is 3.70. The Hall–Kier alpha value is -3.32. The molecule has 2 aromatic heterocycles. The Morgan fingerprint density at radius 1 is 1.03 bits per heavy atom. The third-order valence-corrected chi connectivity index (χ3v) is 5.59. The van der Waals surface area contributed by atoms with Gasteiger partial charge in [-0.15, -0.1) is 0 Å². The summed E-state index contributed by atoms with van der Waals surface area (Å²) in [6.45, 7) is 5.72. The maximum Gasteiger partial charge on any atom is 0.270 e. The number of amides is 1. The molecule has 164 valence electrons. The predicted molar refractivity (Wildman–Crippen MR) is 131 cm³/mol. The monoisotopic (exact) mass is 493 g/mol. The number of ether oxygens (including phenoxy) is 1. The molecule has 32 heavy (non-hydrogen) atoms. The quantitative estimate of drug-likeness (QED) is 0.405. The van der Waals surface area contributed by atoms with Crippen molar-refractivity contribution in [1.82, 2.24) is 14.9 Å². The molecule has 2 N–H and O–H groups in total. The van der Waals surface area contributed by atoms with Crippen molar-refractivity contribution >= 4 is 32.7 Å². The zero-order valence-corrected chi connectivity index (χ0v) is 19.9. The number of hydrogen-bond donors (Lipinski definition) is 2. The van der Waals surface area contributed by atoms with Gasteiger partial charge in [0.25, 0.3) is 11.5 Å². The largest absolute Gasteiger partial charge is 0.497 e. The van der Waals surface area contributed by atoms with E-state index in [1.807, 2.05) is 75.4 Å². The van der Waals surface area contributed by atoms with Crippen molar-refractivity contribution in [3.05, 3.63) is 81.3 Å². The molecule has 0 aliphatic heterocycles. The third-order valence-electron chi connectivity index (χ3n) is 5.06. The number of nitrogens with zero attached hydrogens (tertiary/aromatic N) is 1. The van der Waals surface area contributed by atoms with E-state index in [-0.39, 0.29) is 17.2 Å². The molecule has 0 saturated carbocycles. The van der Waals surface area contributed by atoms with Gasteiger partial charge in [0, 0.05) is 27.3 Å². The van der Waals surface area contributed by atoms with Crippen molar-refractivity contribution in [2.45, 2.75) is 26.3 Å². The zero-order valence-electron chi connectivity index (χ0n) is 18.3. The first kappa shape index (κ1) is 21.9. The molecule has 0 atom stereocenters. The number of rotatable bonds is 4. The highest BCUT2D eigenvalue weighted by Gasteiger charge is 2.26. The molecule has 4 rings (SSSR count). The smallest absolute Gasteiger partial charge is 0.270 e. The molecule has 0 bridgehead atoms. The average molecular weight is 494 g/mol. The van der Waals surface area contributed by atoms with Crippen molar-refractivity contribution in [2.75, 3.05) is 7.11 Å². The predicted octanol–water partition coefficient (Wildman–Crippen LogP) is 5.29. The first-order chi connectivity index (χ1) is 15.2. The average Bonchev–Trinajstić information content (AvgIpc) is 3.21. The van der Waals surface area contributed by atoms with Crippen LogP contribution in [0.25, 0.3) is 27.7 Å². The number of fused-ring (bicyclic) bond motifs is 1. The third kappa shape index (κ3) is 4.08. The fraction of sp³-hybridized carbons (Fsp3) is 0.200. The number of carbonyl (C=O) groups is 1. The van der Waals surface area contributed by atoms with Crippen molar-refractivity contribution < 1.29 is 9.53 Å². The lowest BCUT2D eigenvalue weighted by atomic mass is 10.0. The lowest BCUT2D eigenvalue weighted by Crippen LogP contribution is -2.43. The molecule has 2 aromatic carbocycles.